The molecule has 0 spiro atoms. The smallest absolute Gasteiger partial charge is 0.332 e. The SMILES string of the molecule is O=C(NCC[C@H](O)C(=O)O)Nc1cccc2cnccc12. The van der Waals surface area contributed by atoms with Crippen LogP contribution in [0.3, 0.4) is 0 Å². The molecule has 110 valence electrons. The minimum Gasteiger partial charge on any atom is -0.479 e. The van der Waals surface area contributed by atoms with Crippen molar-refractivity contribution < 1.29 is 19.8 Å². The summed E-state index contributed by atoms with van der Waals surface area (Å²) in [5.74, 6) is -1.31. The lowest BCUT2D eigenvalue weighted by atomic mass is 10.1. The van der Waals surface area contributed by atoms with Crippen LogP contribution in [0, 0.1) is 0 Å². The van der Waals surface area contributed by atoms with Gasteiger partial charge in [0, 0.05) is 36.1 Å². The summed E-state index contributed by atoms with van der Waals surface area (Å²) in [6, 6.07) is 6.77. The van der Waals surface area contributed by atoms with E-state index in [1.807, 2.05) is 6.07 Å². The van der Waals surface area contributed by atoms with Gasteiger partial charge in [0.25, 0.3) is 0 Å². The predicted molar refractivity (Wildman–Crippen MR) is 77.0 cm³/mol. The van der Waals surface area contributed by atoms with E-state index >= 15 is 0 Å². The number of fused-ring (bicyclic) bond motifs is 1. The summed E-state index contributed by atoms with van der Waals surface area (Å²) < 4.78 is 0. The van der Waals surface area contributed by atoms with Crippen LogP contribution < -0.4 is 10.6 Å². The lowest BCUT2D eigenvalue weighted by Crippen LogP contribution is -2.33. The highest BCUT2D eigenvalue weighted by molar-refractivity contribution is 6.01. The van der Waals surface area contributed by atoms with Crippen LogP contribution in [0.15, 0.2) is 36.7 Å². The Morgan fingerprint density at radius 2 is 2.10 bits per heavy atom. The second kappa shape index (κ2) is 6.67. The number of urea groups is 1. The molecule has 2 amide bonds. The van der Waals surface area contributed by atoms with Gasteiger partial charge in [-0.3, -0.25) is 4.98 Å². The van der Waals surface area contributed by atoms with Crippen molar-refractivity contribution >= 4 is 28.5 Å². The number of hydrogen-bond donors (Lipinski definition) is 4. The number of aromatic nitrogens is 1. The van der Waals surface area contributed by atoms with E-state index < -0.39 is 18.1 Å². The van der Waals surface area contributed by atoms with Crippen molar-refractivity contribution in [2.24, 2.45) is 0 Å². The Morgan fingerprint density at radius 3 is 2.86 bits per heavy atom. The first-order chi connectivity index (χ1) is 10.1. The van der Waals surface area contributed by atoms with Gasteiger partial charge >= 0.3 is 12.0 Å². The molecule has 0 radical (unpaired) electrons. The minimum absolute atomic E-state index is 0.0534. The number of nitrogens with zero attached hydrogens (tertiary/aromatic N) is 1. The molecule has 1 aromatic heterocycles. The van der Waals surface area contributed by atoms with E-state index in [4.69, 9.17) is 10.2 Å². The third-order valence-corrected chi connectivity index (χ3v) is 2.92. The van der Waals surface area contributed by atoms with Gasteiger partial charge in [-0.15, -0.1) is 0 Å². The van der Waals surface area contributed by atoms with E-state index in [0.29, 0.717) is 5.69 Å². The average molecular weight is 289 g/mol. The number of carbonyl (C=O) groups excluding carboxylic acids is 1. The summed E-state index contributed by atoms with van der Waals surface area (Å²) in [6.07, 6.45) is 1.80. The molecule has 2 aromatic rings. The maximum Gasteiger partial charge on any atom is 0.332 e. The van der Waals surface area contributed by atoms with Crippen molar-refractivity contribution in [3.05, 3.63) is 36.7 Å². The number of amides is 2. The van der Waals surface area contributed by atoms with Crippen LogP contribution in [-0.2, 0) is 4.79 Å². The summed E-state index contributed by atoms with van der Waals surface area (Å²) in [7, 11) is 0. The monoisotopic (exact) mass is 289 g/mol. The summed E-state index contributed by atoms with van der Waals surface area (Å²) in [4.78, 5) is 26.2. The van der Waals surface area contributed by atoms with Crippen molar-refractivity contribution in [3.63, 3.8) is 0 Å². The molecule has 0 saturated carbocycles. The van der Waals surface area contributed by atoms with Crippen molar-refractivity contribution in [1.82, 2.24) is 10.3 Å². The normalized spacial score (nSPS) is 11.9. The number of aliphatic hydroxyl groups is 1. The van der Waals surface area contributed by atoms with Crippen molar-refractivity contribution in [1.29, 1.82) is 0 Å². The summed E-state index contributed by atoms with van der Waals surface area (Å²) in [5, 5.41) is 24.5. The predicted octanol–water partition coefficient (Wildman–Crippen LogP) is 1.19. The molecule has 0 aliphatic carbocycles. The van der Waals surface area contributed by atoms with Gasteiger partial charge in [-0.2, -0.15) is 0 Å². The van der Waals surface area contributed by atoms with E-state index in [1.165, 1.54) is 0 Å². The summed E-state index contributed by atoms with van der Waals surface area (Å²) in [5.41, 5.74) is 0.631. The Hall–Kier alpha value is -2.67. The molecule has 4 N–H and O–H groups in total. The van der Waals surface area contributed by atoms with Crippen LogP contribution in [-0.4, -0.2) is 39.8 Å². The topological polar surface area (TPSA) is 112 Å². The Labute approximate surface area is 120 Å². The molecule has 1 atom stereocenters. The zero-order valence-corrected chi connectivity index (χ0v) is 11.1. The second-order valence-corrected chi connectivity index (χ2v) is 4.43. The average Bonchev–Trinajstić information content (AvgIpc) is 2.47. The Bertz CT molecular complexity index is 654. The first-order valence-electron chi connectivity index (χ1n) is 6.36. The van der Waals surface area contributed by atoms with Gasteiger partial charge < -0.3 is 20.8 Å². The lowest BCUT2D eigenvalue weighted by Gasteiger charge is -2.10. The highest BCUT2D eigenvalue weighted by Crippen LogP contribution is 2.21. The molecule has 0 aliphatic rings. The molecule has 0 fully saturated rings. The molecule has 2 rings (SSSR count). The first kappa shape index (κ1) is 14.7. The van der Waals surface area contributed by atoms with E-state index in [1.54, 1.807) is 30.6 Å². The maximum atomic E-state index is 11.7. The molecule has 0 aliphatic heterocycles. The first-order valence-corrected chi connectivity index (χ1v) is 6.36. The number of aliphatic hydroxyl groups excluding tert-OH is 1. The molecule has 0 saturated heterocycles. The fourth-order valence-corrected chi connectivity index (χ4v) is 1.84. The fraction of sp³-hybridized carbons (Fsp3) is 0.214. The number of anilines is 1. The number of rotatable bonds is 5. The van der Waals surface area contributed by atoms with Gasteiger partial charge in [0.1, 0.15) is 0 Å². The highest BCUT2D eigenvalue weighted by atomic mass is 16.4. The number of benzene rings is 1. The number of aliphatic carboxylic acids is 1. The molecule has 1 heterocycles. The lowest BCUT2D eigenvalue weighted by molar-refractivity contribution is -0.146. The molecule has 0 bridgehead atoms. The Balaban J connectivity index is 1.94. The number of carbonyl (C=O) groups is 2. The maximum absolute atomic E-state index is 11.7. The van der Waals surface area contributed by atoms with Gasteiger partial charge in [0.05, 0.1) is 5.69 Å². The fourth-order valence-electron chi connectivity index (χ4n) is 1.84. The van der Waals surface area contributed by atoms with Gasteiger partial charge in [0.2, 0.25) is 0 Å². The van der Waals surface area contributed by atoms with Crippen LogP contribution in [0.2, 0.25) is 0 Å². The largest absolute Gasteiger partial charge is 0.479 e. The second-order valence-electron chi connectivity index (χ2n) is 4.43. The Kier molecular flexibility index (Phi) is 4.68. The van der Waals surface area contributed by atoms with Gasteiger partial charge in [-0.1, -0.05) is 12.1 Å². The van der Waals surface area contributed by atoms with Crippen LogP contribution in [0.4, 0.5) is 10.5 Å². The third-order valence-electron chi connectivity index (χ3n) is 2.92. The highest BCUT2D eigenvalue weighted by Gasteiger charge is 2.13. The van der Waals surface area contributed by atoms with E-state index in [-0.39, 0.29) is 13.0 Å². The zero-order chi connectivity index (χ0) is 15.2. The van der Waals surface area contributed by atoms with E-state index in [2.05, 4.69) is 15.6 Å². The van der Waals surface area contributed by atoms with Crippen LogP contribution in [0.1, 0.15) is 6.42 Å². The number of pyridine rings is 1. The van der Waals surface area contributed by atoms with Gasteiger partial charge in [0.15, 0.2) is 6.10 Å². The van der Waals surface area contributed by atoms with Crippen LogP contribution >= 0.6 is 0 Å². The number of hydrogen-bond acceptors (Lipinski definition) is 4. The van der Waals surface area contributed by atoms with Crippen LogP contribution in [0.5, 0.6) is 0 Å². The standard InChI is InChI=1S/C14H15N3O4/c18-12(13(19)20)5-7-16-14(21)17-11-3-1-2-9-8-15-6-4-10(9)11/h1-4,6,8,12,18H,5,7H2,(H,19,20)(H2,16,17,21)/t12-/m0/s1. The third kappa shape index (κ3) is 3.90. The number of carboxylic acid groups (broad SMARTS) is 1. The Morgan fingerprint density at radius 1 is 1.29 bits per heavy atom. The zero-order valence-electron chi connectivity index (χ0n) is 11.1. The quantitative estimate of drug-likeness (QED) is 0.660. The van der Waals surface area contributed by atoms with Gasteiger partial charge in [-0.05, 0) is 12.1 Å². The molecular weight excluding hydrogens is 274 g/mol. The van der Waals surface area contributed by atoms with Crippen molar-refractivity contribution in [2.45, 2.75) is 12.5 Å². The molecule has 0 unspecified atom stereocenters. The van der Waals surface area contributed by atoms with Crippen molar-refractivity contribution in [2.75, 3.05) is 11.9 Å². The van der Waals surface area contributed by atoms with Crippen LogP contribution in [0.25, 0.3) is 10.8 Å². The molecule has 1 aromatic carbocycles. The van der Waals surface area contributed by atoms with Crippen molar-refractivity contribution in [3.8, 4) is 0 Å². The van der Waals surface area contributed by atoms with Gasteiger partial charge in [-0.25, -0.2) is 9.59 Å². The summed E-state index contributed by atoms with van der Waals surface area (Å²) in [6.45, 7) is 0.0611. The van der Waals surface area contributed by atoms with E-state index in [0.717, 1.165) is 10.8 Å². The minimum atomic E-state index is -1.48. The molecule has 7 nitrogen and oxygen atoms in total. The number of nitrogens with one attached hydrogen (secondary N) is 2. The number of carboxylic acids is 1. The molecule has 7 heteroatoms. The molecular formula is C14H15N3O4. The molecule has 21 heavy (non-hydrogen) atoms. The summed E-state index contributed by atoms with van der Waals surface area (Å²) >= 11 is 0. The van der Waals surface area contributed by atoms with E-state index in [9.17, 15) is 9.59 Å².